The smallest absolute Gasteiger partial charge is 0.287 e. The Kier molecular flexibility index (Phi) is 6.59. The quantitative estimate of drug-likeness (QED) is 0.398. The molecule has 0 bridgehead atoms. The predicted molar refractivity (Wildman–Crippen MR) is 127 cm³/mol. The molecule has 0 fully saturated rings. The third kappa shape index (κ3) is 4.91. The maximum atomic E-state index is 13.2. The van der Waals surface area contributed by atoms with E-state index in [0.29, 0.717) is 5.82 Å². The van der Waals surface area contributed by atoms with E-state index in [4.69, 9.17) is 5.73 Å². The van der Waals surface area contributed by atoms with Crippen LogP contribution in [0.15, 0.2) is 85.2 Å². The summed E-state index contributed by atoms with van der Waals surface area (Å²) in [6.45, 7) is 1.93. The molecule has 34 heavy (non-hydrogen) atoms. The van der Waals surface area contributed by atoms with E-state index in [-0.39, 0.29) is 12.0 Å². The summed E-state index contributed by atoms with van der Waals surface area (Å²) in [5, 5.41) is 7.29. The van der Waals surface area contributed by atoms with Crippen LogP contribution < -0.4 is 11.1 Å². The Labute approximate surface area is 196 Å². The molecule has 4 aromatic rings. The number of carbonyl (C=O) groups is 3. The first-order valence-corrected chi connectivity index (χ1v) is 10.7. The SMILES string of the molecule is Cc1cn(-c2ncccc2C(=O)NC(Cc2ccccc2)C(=O)C(N)=O)nc1-c1ccccc1. The number of nitrogens with zero attached hydrogens (tertiary/aromatic N) is 3. The van der Waals surface area contributed by atoms with Gasteiger partial charge in [-0.2, -0.15) is 5.10 Å². The average molecular weight is 454 g/mol. The van der Waals surface area contributed by atoms with Crippen LogP contribution in [0.5, 0.6) is 0 Å². The van der Waals surface area contributed by atoms with E-state index >= 15 is 0 Å². The van der Waals surface area contributed by atoms with Gasteiger partial charge in [-0.25, -0.2) is 9.67 Å². The van der Waals surface area contributed by atoms with E-state index in [1.54, 1.807) is 36.7 Å². The molecule has 2 heterocycles. The highest BCUT2D eigenvalue weighted by Gasteiger charge is 2.27. The van der Waals surface area contributed by atoms with Crippen LogP contribution in [0.2, 0.25) is 0 Å². The minimum absolute atomic E-state index is 0.128. The molecule has 0 saturated carbocycles. The normalized spacial score (nSPS) is 11.6. The number of ketones is 1. The van der Waals surface area contributed by atoms with Gasteiger partial charge < -0.3 is 11.1 Å². The molecule has 2 aromatic carbocycles. The van der Waals surface area contributed by atoms with E-state index < -0.39 is 23.6 Å². The highest BCUT2D eigenvalue weighted by Crippen LogP contribution is 2.23. The van der Waals surface area contributed by atoms with Crippen LogP contribution in [0, 0.1) is 6.92 Å². The van der Waals surface area contributed by atoms with Crippen LogP contribution in [0.3, 0.4) is 0 Å². The second-order valence-corrected chi connectivity index (χ2v) is 7.79. The number of nitrogens with two attached hydrogens (primary N) is 1. The lowest BCUT2D eigenvalue weighted by atomic mass is 10.0. The molecule has 0 radical (unpaired) electrons. The van der Waals surface area contributed by atoms with Crippen LogP contribution in [0.4, 0.5) is 0 Å². The summed E-state index contributed by atoms with van der Waals surface area (Å²) in [6, 6.07) is 20.9. The fourth-order valence-corrected chi connectivity index (χ4v) is 3.67. The Morgan fingerprint density at radius 1 is 0.971 bits per heavy atom. The highest BCUT2D eigenvalue weighted by molar-refractivity contribution is 6.38. The summed E-state index contributed by atoms with van der Waals surface area (Å²) in [7, 11) is 0. The third-order valence-electron chi connectivity index (χ3n) is 5.34. The monoisotopic (exact) mass is 453 g/mol. The van der Waals surface area contributed by atoms with E-state index in [0.717, 1.165) is 22.4 Å². The lowest BCUT2D eigenvalue weighted by molar-refractivity contribution is -0.137. The van der Waals surface area contributed by atoms with Crippen LogP contribution in [-0.2, 0) is 16.0 Å². The van der Waals surface area contributed by atoms with Crippen molar-refractivity contribution in [2.45, 2.75) is 19.4 Å². The molecule has 4 rings (SSSR count). The molecule has 2 aromatic heterocycles. The number of aromatic nitrogens is 3. The zero-order chi connectivity index (χ0) is 24.1. The standard InChI is InChI=1S/C26H23N5O3/c1-17-16-31(30-22(17)19-11-6-3-7-12-19)25-20(13-8-14-28-25)26(34)29-21(23(32)24(27)33)15-18-9-4-2-5-10-18/h2-14,16,21H,15H2,1H3,(H2,27,33)(H,29,34). The Bertz CT molecular complexity index is 1330. The second-order valence-electron chi connectivity index (χ2n) is 7.79. The van der Waals surface area contributed by atoms with Gasteiger partial charge in [-0.15, -0.1) is 0 Å². The summed E-state index contributed by atoms with van der Waals surface area (Å²) in [4.78, 5) is 41.6. The first-order chi connectivity index (χ1) is 16.4. The Hall–Kier alpha value is -4.59. The molecule has 1 unspecified atom stereocenters. The first kappa shape index (κ1) is 22.6. The van der Waals surface area contributed by atoms with Gasteiger partial charge in [-0.1, -0.05) is 60.7 Å². The largest absolute Gasteiger partial charge is 0.363 e. The first-order valence-electron chi connectivity index (χ1n) is 10.7. The van der Waals surface area contributed by atoms with Crippen LogP contribution >= 0.6 is 0 Å². The Balaban J connectivity index is 1.65. The van der Waals surface area contributed by atoms with Crippen LogP contribution in [-0.4, -0.2) is 38.4 Å². The molecular formula is C26H23N5O3. The molecule has 2 amide bonds. The molecule has 3 N–H and O–H groups in total. The van der Waals surface area contributed by atoms with Crippen molar-refractivity contribution in [3.8, 4) is 17.1 Å². The number of aryl methyl sites for hydroxylation is 1. The topological polar surface area (TPSA) is 120 Å². The average Bonchev–Trinajstić information content (AvgIpc) is 3.25. The van der Waals surface area contributed by atoms with E-state index in [2.05, 4.69) is 15.4 Å². The number of hydrogen-bond acceptors (Lipinski definition) is 5. The van der Waals surface area contributed by atoms with Gasteiger partial charge in [-0.3, -0.25) is 14.4 Å². The molecule has 0 spiro atoms. The molecule has 0 saturated heterocycles. The van der Waals surface area contributed by atoms with Crippen LogP contribution in [0.25, 0.3) is 17.1 Å². The Morgan fingerprint density at radius 3 is 2.32 bits per heavy atom. The van der Waals surface area contributed by atoms with Gasteiger partial charge in [0.25, 0.3) is 11.8 Å². The summed E-state index contributed by atoms with van der Waals surface area (Å²) in [5.41, 5.74) is 8.84. The van der Waals surface area contributed by atoms with Gasteiger partial charge >= 0.3 is 0 Å². The fraction of sp³-hybridized carbons (Fsp3) is 0.115. The number of Topliss-reactive ketones (excluding diaryl/α,β-unsaturated/α-hetero) is 1. The number of rotatable bonds is 8. The van der Waals surface area contributed by atoms with Crippen LogP contribution in [0.1, 0.15) is 21.5 Å². The van der Waals surface area contributed by atoms with E-state index in [1.165, 1.54) is 4.68 Å². The summed E-state index contributed by atoms with van der Waals surface area (Å²) in [6.07, 6.45) is 3.47. The molecule has 0 aliphatic carbocycles. The molecule has 8 nitrogen and oxygen atoms in total. The number of pyridine rings is 1. The molecule has 170 valence electrons. The van der Waals surface area contributed by atoms with Gasteiger partial charge in [0.05, 0.1) is 11.3 Å². The summed E-state index contributed by atoms with van der Waals surface area (Å²) in [5.74, 6) is -2.24. The van der Waals surface area contributed by atoms with Gasteiger partial charge in [0.1, 0.15) is 6.04 Å². The minimum atomic E-state index is -1.11. The maximum Gasteiger partial charge on any atom is 0.287 e. The summed E-state index contributed by atoms with van der Waals surface area (Å²) < 4.78 is 1.54. The van der Waals surface area contributed by atoms with Crippen molar-refractivity contribution >= 4 is 17.6 Å². The molecule has 0 aliphatic heterocycles. The number of hydrogen-bond donors (Lipinski definition) is 2. The fourth-order valence-electron chi connectivity index (χ4n) is 3.67. The van der Waals surface area contributed by atoms with E-state index in [1.807, 2.05) is 55.5 Å². The molecule has 8 heteroatoms. The van der Waals surface area contributed by atoms with Gasteiger partial charge in [0, 0.05) is 24.4 Å². The maximum absolute atomic E-state index is 13.2. The Morgan fingerprint density at radius 2 is 1.65 bits per heavy atom. The second kappa shape index (κ2) is 9.91. The highest BCUT2D eigenvalue weighted by atomic mass is 16.2. The van der Waals surface area contributed by atoms with Crippen molar-refractivity contribution in [1.82, 2.24) is 20.1 Å². The van der Waals surface area contributed by atoms with Gasteiger partial charge in [0.2, 0.25) is 5.78 Å². The number of amides is 2. The minimum Gasteiger partial charge on any atom is -0.363 e. The predicted octanol–water partition coefficient (Wildman–Crippen LogP) is 2.64. The van der Waals surface area contributed by atoms with Crippen molar-refractivity contribution < 1.29 is 14.4 Å². The van der Waals surface area contributed by atoms with Crippen molar-refractivity contribution in [3.63, 3.8) is 0 Å². The van der Waals surface area contributed by atoms with Gasteiger partial charge in [-0.05, 0) is 30.2 Å². The lowest BCUT2D eigenvalue weighted by Crippen LogP contribution is -2.47. The number of nitrogens with one attached hydrogen (secondary N) is 1. The zero-order valence-electron chi connectivity index (χ0n) is 18.5. The number of primary amides is 1. The van der Waals surface area contributed by atoms with Crippen molar-refractivity contribution in [1.29, 1.82) is 0 Å². The van der Waals surface area contributed by atoms with E-state index in [9.17, 15) is 14.4 Å². The zero-order valence-corrected chi connectivity index (χ0v) is 18.5. The van der Waals surface area contributed by atoms with Crippen molar-refractivity contribution in [2.24, 2.45) is 5.73 Å². The summed E-state index contributed by atoms with van der Waals surface area (Å²) >= 11 is 0. The van der Waals surface area contributed by atoms with Gasteiger partial charge in [0.15, 0.2) is 5.82 Å². The molecule has 1 atom stereocenters. The number of carbonyl (C=O) groups excluding carboxylic acids is 3. The molecular weight excluding hydrogens is 430 g/mol. The molecule has 0 aliphatic rings. The van der Waals surface area contributed by atoms with Crippen molar-refractivity contribution in [2.75, 3.05) is 0 Å². The third-order valence-corrected chi connectivity index (χ3v) is 5.34. The van der Waals surface area contributed by atoms with Crippen molar-refractivity contribution in [3.05, 3.63) is 102 Å². The lowest BCUT2D eigenvalue weighted by Gasteiger charge is -2.17. The number of benzene rings is 2.